The van der Waals surface area contributed by atoms with Gasteiger partial charge in [-0.1, -0.05) is 18.6 Å². The van der Waals surface area contributed by atoms with Crippen LogP contribution in [0.5, 0.6) is 0 Å². The maximum absolute atomic E-state index is 5.48. The lowest BCUT2D eigenvalue weighted by atomic mass is 9.98. The van der Waals surface area contributed by atoms with Crippen molar-refractivity contribution in [2.24, 2.45) is 5.14 Å². The molecule has 2 rings (SSSR count). The highest BCUT2D eigenvalue weighted by Gasteiger charge is 2.13. The first-order valence-electron chi connectivity index (χ1n) is 5.10. The summed E-state index contributed by atoms with van der Waals surface area (Å²) in [4.78, 5) is 1.13. The molecule has 1 saturated heterocycles. The molecule has 1 fully saturated rings. The van der Waals surface area contributed by atoms with Gasteiger partial charge in [-0.25, -0.2) is 0 Å². The third-order valence-electron chi connectivity index (χ3n) is 2.73. The average molecular weight is 208 g/mol. The highest BCUT2D eigenvalue weighted by molar-refractivity contribution is 7.97. The summed E-state index contributed by atoms with van der Waals surface area (Å²) in [6.07, 6.45) is 3.91. The van der Waals surface area contributed by atoms with Gasteiger partial charge in [-0.2, -0.15) is 0 Å². The second-order valence-corrected chi connectivity index (χ2v) is 4.40. The third-order valence-corrected chi connectivity index (χ3v) is 3.27. The van der Waals surface area contributed by atoms with Crippen LogP contribution < -0.4 is 10.5 Å². The van der Waals surface area contributed by atoms with E-state index in [1.165, 1.54) is 36.8 Å². The van der Waals surface area contributed by atoms with Crippen LogP contribution in [0.2, 0.25) is 0 Å². The Morgan fingerprint density at radius 3 is 2.57 bits per heavy atom. The first-order chi connectivity index (χ1) is 6.90. The SMILES string of the molecule is NSc1ccc(C2CCCCN2)cc1. The molecular formula is C11H16N2S. The molecular weight excluding hydrogens is 192 g/mol. The molecule has 0 aliphatic carbocycles. The summed E-state index contributed by atoms with van der Waals surface area (Å²) in [7, 11) is 0. The molecule has 14 heavy (non-hydrogen) atoms. The molecule has 0 spiro atoms. The minimum Gasteiger partial charge on any atom is -0.310 e. The van der Waals surface area contributed by atoms with Gasteiger partial charge in [-0.3, -0.25) is 5.14 Å². The van der Waals surface area contributed by atoms with Crippen LogP contribution in [0.3, 0.4) is 0 Å². The minimum atomic E-state index is 0.556. The van der Waals surface area contributed by atoms with Gasteiger partial charge in [0.2, 0.25) is 0 Å². The third kappa shape index (κ3) is 2.29. The van der Waals surface area contributed by atoms with Crippen LogP contribution in [0.4, 0.5) is 0 Å². The van der Waals surface area contributed by atoms with E-state index in [1.807, 2.05) is 0 Å². The van der Waals surface area contributed by atoms with Crippen molar-refractivity contribution in [2.45, 2.75) is 30.2 Å². The number of hydrogen-bond acceptors (Lipinski definition) is 3. The highest BCUT2D eigenvalue weighted by Crippen LogP contribution is 2.24. The Kier molecular flexibility index (Phi) is 3.45. The smallest absolute Gasteiger partial charge is 0.0320 e. The van der Waals surface area contributed by atoms with Crippen LogP contribution in [0.15, 0.2) is 29.2 Å². The van der Waals surface area contributed by atoms with E-state index in [2.05, 4.69) is 29.6 Å². The van der Waals surface area contributed by atoms with Gasteiger partial charge in [0.25, 0.3) is 0 Å². The summed E-state index contributed by atoms with van der Waals surface area (Å²) in [6, 6.07) is 9.10. The Balaban J connectivity index is 2.07. The van der Waals surface area contributed by atoms with Gasteiger partial charge in [0.05, 0.1) is 0 Å². The van der Waals surface area contributed by atoms with Gasteiger partial charge in [0, 0.05) is 10.9 Å². The topological polar surface area (TPSA) is 38.0 Å². The van der Waals surface area contributed by atoms with Gasteiger partial charge in [0.1, 0.15) is 0 Å². The van der Waals surface area contributed by atoms with Crippen molar-refractivity contribution in [2.75, 3.05) is 6.54 Å². The van der Waals surface area contributed by atoms with Crippen molar-refractivity contribution in [3.8, 4) is 0 Å². The molecule has 1 unspecified atom stereocenters. The molecule has 1 aliphatic rings. The molecule has 2 nitrogen and oxygen atoms in total. The Morgan fingerprint density at radius 1 is 1.21 bits per heavy atom. The molecule has 0 radical (unpaired) electrons. The van der Waals surface area contributed by atoms with Crippen LogP contribution >= 0.6 is 11.9 Å². The zero-order chi connectivity index (χ0) is 9.80. The molecule has 0 saturated carbocycles. The monoisotopic (exact) mass is 208 g/mol. The van der Waals surface area contributed by atoms with E-state index in [4.69, 9.17) is 5.14 Å². The second kappa shape index (κ2) is 4.82. The Hall–Kier alpha value is -0.510. The van der Waals surface area contributed by atoms with Crippen molar-refractivity contribution >= 4 is 11.9 Å². The van der Waals surface area contributed by atoms with Crippen LogP contribution in [0.25, 0.3) is 0 Å². The van der Waals surface area contributed by atoms with Crippen LogP contribution in [-0.2, 0) is 0 Å². The summed E-state index contributed by atoms with van der Waals surface area (Å²) in [5, 5.41) is 9.01. The lowest BCUT2D eigenvalue weighted by Crippen LogP contribution is -2.26. The Morgan fingerprint density at radius 2 is 2.00 bits per heavy atom. The normalized spacial score (nSPS) is 22.2. The van der Waals surface area contributed by atoms with Gasteiger partial charge in [-0.15, -0.1) is 0 Å². The fourth-order valence-electron chi connectivity index (χ4n) is 1.92. The molecule has 3 N–H and O–H groups in total. The van der Waals surface area contributed by atoms with E-state index in [9.17, 15) is 0 Å². The summed E-state index contributed by atoms with van der Waals surface area (Å²) in [5.74, 6) is 0. The van der Waals surface area contributed by atoms with Crippen molar-refractivity contribution in [1.82, 2.24) is 5.32 Å². The number of piperidine rings is 1. The fourth-order valence-corrected chi connectivity index (χ4v) is 2.21. The van der Waals surface area contributed by atoms with Gasteiger partial charge >= 0.3 is 0 Å². The predicted molar refractivity (Wildman–Crippen MR) is 61.1 cm³/mol. The molecule has 1 heterocycles. The number of rotatable bonds is 2. The van der Waals surface area contributed by atoms with E-state index >= 15 is 0 Å². The highest BCUT2D eigenvalue weighted by atomic mass is 32.2. The first-order valence-corrected chi connectivity index (χ1v) is 5.98. The first kappa shape index (κ1) is 10.0. The maximum atomic E-state index is 5.48. The Labute approximate surface area is 89.4 Å². The summed E-state index contributed by atoms with van der Waals surface area (Å²) < 4.78 is 0. The molecule has 1 aliphatic heterocycles. The largest absolute Gasteiger partial charge is 0.310 e. The van der Waals surface area contributed by atoms with E-state index in [-0.39, 0.29) is 0 Å². The maximum Gasteiger partial charge on any atom is 0.0320 e. The fraction of sp³-hybridized carbons (Fsp3) is 0.455. The second-order valence-electron chi connectivity index (χ2n) is 3.69. The lowest BCUT2D eigenvalue weighted by molar-refractivity contribution is 0.412. The number of nitrogens with two attached hydrogens (primary N) is 1. The quantitative estimate of drug-likeness (QED) is 0.733. The van der Waals surface area contributed by atoms with Gasteiger partial charge < -0.3 is 5.32 Å². The minimum absolute atomic E-state index is 0.556. The van der Waals surface area contributed by atoms with Crippen molar-refractivity contribution in [3.05, 3.63) is 29.8 Å². The van der Waals surface area contributed by atoms with Crippen LogP contribution in [0, 0.1) is 0 Å². The predicted octanol–water partition coefficient (Wildman–Crippen LogP) is 2.47. The summed E-state index contributed by atoms with van der Waals surface area (Å²) >= 11 is 1.30. The molecule has 0 aromatic heterocycles. The van der Waals surface area contributed by atoms with E-state index in [0.29, 0.717) is 6.04 Å². The van der Waals surface area contributed by atoms with Gasteiger partial charge in [0.15, 0.2) is 0 Å². The molecule has 0 bridgehead atoms. The number of hydrogen-bond donors (Lipinski definition) is 2. The number of nitrogens with one attached hydrogen (secondary N) is 1. The molecule has 76 valence electrons. The molecule has 1 aromatic carbocycles. The molecule has 1 atom stereocenters. The molecule has 3 heteroatoms. The van der Waals surface area contributed by atoms with Crippen LogP contribution in [-0.4, -0.2) is 6.54 Å². The van der Waals surface area contributed by atoms with Crippen LogP contribution in [0.1, 0.15) is 30.9 Å². The standard InChI is InChI=1S/C11H16N2S/c12-14-10-6-4-9(5-7-10)11-3-1-2-8-13-11/h4-7,11,13H,1-3,8,12H2. The zero-order valence-corrected chi connectivity index (χ0v) is 9.02. The molecule has 1 aromatic rings. The zero-order valence-electron chi connectivity index (χ0n) is 8.20. The lowest BCUT2D eigenvalue weighted by Gasteiger charge is -2.23. The van der Waals surface area contributed by atoms with Crippen molar-refractivity contribution in [3.63, 3.8) is 0 Å². The Bertz CT molecular complexity index is 278. The molecule has 0 amide bonds. The summed E-state index contributed by atoms with van der Waals surface area (Å²) in [5.41, 5.74) is 1.39. The van der Waals surface area contributed by atoms with E-state index in [0.717, 1.165) is 11.4 Å². The van der Waals surface area contributed by atoms with Crippen molar-refractivity contribution < 1.29 is 0 Å². The van der Waals surface area contributed by atoms with Gasteiger partial charge in [-0.05, 0) is 49.0 Å². The number of benzene rings is 1. The van der Waals surface area contributed by atoms with Crippen molar-refractivity contribution in [1.29, 1.82) is 0 Å². The summed E-state index contributed by atoms with van der Waals surface area (Å²) in [6.45, 7) is 1.15. The van der Waals surface area contributed by atoms with E-state index < -0.39 is 0 Å². The van der Waals surface area contributed by atoms with E-state index in [1.54, 1.807) is 0 Å². The average Bonchev–Trinajstić information content (AvgIpc) is 2.30.